The summed E-state index contributed by atoms with van der Waals surface area (Å²) in [6.45, 7) is 13.4. The number of alkyl halides is 3. The average Bonchev–Trinajstić information content (AvgIpc) is 3.46. The Labute approximate surface area is 250 Å². The van der Waals surface area contributed by atoms with Gasteiger partial charge in [-0.25, -0.2) is 9.37 Å². The molecule has 6 nitrogen and oxygen atoms in total. The van der Waals surface area contributed by atoms with E-state index in [-0.39, 0.29) is 41.2 Å². The van der Waals surface area contributed by atoms with Crippen LogP contribution < -0.4 is 10.5 Å². The van der Waals surface area contributed by atoms with Crippen LogP contribution >= 0.6 is 0 Å². The number of carbonyl (C=O) groups is 1. The largest absolute Gasteiger partial charge is 0.491 e. The molecule has 1 unspecified atom stereocenters. The van der Waals surface area contributed by atoms with Gasteiger partial charge < -0.3 is 19.8 Å². The number of halogens is 4. The van der Waals surface area contributed by atoms with E-state index >= 15 is 4.39 Å². The second-order valence-electron chi connectivity index (χ2n) is 14.2. The molecule has 1 atom stereocenters. The van der Waals surface area contributed by atoms with E-state index in [0.717, 1.165) is 31.0 Å². The van der Waals surface area contributed by atoms with E-state index in [1.165, 1.54) is 18.2 Å². The van der Waals surface area contributed by atoms with Crippen molar-refractivity contribution in [2.24, 2.45) is 10.8 Å². The Kier molecular flexibility index (Phi) is 7.82. The molecule has 232 valence electrons. The molecule has 43 heavy (non-hydrogen) atoms. The number of nitrogen functional groups attached to an aromatic ring is 1. The molecule has 2 aromatic carbocycles. The van der Waals surface area contributed by atoms with Crippen LogP contribution in [-0.2, 0) is 17.2 Å². The molecule has 2 N–H and O–H groups in total. The van der Waals surface area contributed by atoms with Gasteiger partial charge in [-0.05, 0) is 67.1 Å². The number of carbonyl (C=O) groups excluding carboxylic acids is 1. The van der Waals surface area contributed by atoms with Crippen LogP contribution in [0.2, 0.25) is 19.1 Å². The van der Waals surface area contributed by atoms with Gasteiger partial charge in [-0.3, -0.25) is 4.79 Å². The van der Waals surface area contributed by atoms with Crippen molar-refractivity contribution in [1.82, 2.24) is 9.88 Å². The topological polar surface area (TPSA) is 77.7 Å². The van der Waals surface area contributed by atoms with E-state index in [1.807, 2.05) is 6.92 Å². The van der Waals surface area contributed by atoms with Gasteiger partial charge in [0.05, 0.1) is 29.3 Å². The van der Waals surface area contributed by atoms with Crippen LogP contribution in [0.1, 0.15) is 73.6 Å². The van der Waals surface area contributed by atoms with E-state index in [4.69, 9.17) is 14.9 Å². The van der Waals surface area contributed by atoms with Gasteiger partial charge in [0.1, 0.15) is 24.0 Å². The third-order valence-corrected chi connectivity index (χ3v) is 11.0. The lowest BCUT2D eigenvalue weighted by atomic mass is 10.00. The van der Waals surface area contributed by atoms with Crippen molar-refractivity contribution >= 4 is 30.9 Å². The fourth-order valence-electron chi connectivity index (χ4n) is 6.02. The fourth-order valence-corrected chi connectivity index (χ4v) is 9.23. The van der Waals surface area contributed by atoms with Gasteiger partial charge in [-0.1, -0.05) is 33.8 Å². The first kappa shape index (κ1) is 31.2. The highest BCUT2D eigenvalue weighted by Gasteiger charge is 2.44. The molecule has 1 aliphatic carbocycles. The normalized spacial score (nSPS) is 18.0. The Morgan fingerprint density at radius 2 is 1.86 bits per heavy atom. The zero-order chi connectivity index (χ0) is 31.5. The fraction of sp³-hybridized carbons (Fsp3) is 0.500. The summed E-state index contributed by atoms with van der Waals surface area (Å²) in [6.07, 6.45) is -2.73. The number of anilines is 1. The van der Waals surface area contributed by atoms with Crippen LogP contribution in [0.3, 0.4) is 0 Å². The summed E-state index contributed by atoms with van der Waals surface area (Å²) in [6, 6.07) is 8.06. The number of ether oxygens (including phenoxy) is 1. The van der Waals surface area contributed by atoms with Crippen LogP contribution in [0.15, 0.2) is 36.4 Å². The summed E-state index contributed by atoms with van der Waals surface area (Å²) in [5.74, 6) is -0.973. The first-order chi connectivity index (χ1) is 19.8. The Bertz CT molecular complexity index is 1560. The predicted molar refractivity (Wildman–Crippen MR) is 161 cm³/mol. The van der Waals surface area contributed by atoms with E-state index in [0.29, 0.717) is 28.6 Å². The SMILES string of the molecule is CC(C)(C)C[Si](C)(C)OCc1cc2cc(C(=O)N(CC3(C)CC3)C3COc4cc(C(F)(F)F)ccc43)c(F)cc2nc1N. The first-order valence-electron chi connectivity index (χ1n) is 14.5. The highest BCUT2D eigenvalue weighted by molar-refractivity contribution is 6.71. The third kappa shape index (κ3) is 6.98. The lowest BCUT2D eigenvalue weighted by Gasteiger charge is -2.31. The van der Waals surface area contributed by atoms with Gasteiger partial charge in [-0.2, -0.15) is 13.2 Å². The minimum Gasteiger partial charge on any atom is -0.491 e. The van der Waals surface area contributed by atoms with Crippen molar-refractivity contribution < 1.29 is 31.5 Å². The number of hydrogen-bond donors (Lipinski definition) is 1. The predicted octanol–water partition coefficient (Wildman–Crippen LogP) is 8.12. The molecule has 3 aromatic rings. The average molecular weight is 618 g/mol. The number of amides is 1. The summed E-state index contributed by atoms with van der Waals surface area (Å²) >= 11 is 0. The van der Waals surface area contributed by atoms with Crippen molar-refractivity contribution in [3.8, 4) is 5.75 Å². The number of aromatic nitrogens is 1. The van der Waals surface area contributed by atoms with E-state index in [1.54, 1.807) is 11.0 Å². The molecule has 0 bridgehead atoms. The number of nitrogens with two attached hydrogens (primary N) is 1. The molecule has 1 amide bonds. The van der Waals surface area contributed by atoms with Gasteiger partial charge >= 0.3 is 6.18 Å². The van der Waals surface area contributed by atoms with Crippen LogP contribution in [-0.4, -0.2) is 37.3 Å². The summed E-state index contributed by atoms with van der Waals surface area (Å²) in [5, 5.41) is 0.545. The minimum absolute atomic E-state index is 0.0124. The molecule has 1 aliphatic heterocycles. The molecule has 2 aliphatic rings. The van der Waals surface area contributed by atoms with Crippen molar-refractivity contribution in [3.63, 3.8) is 0 Å². The zero-order valence-electron chi connectivity index (χ0n) is 25.5. The van der Waals surface area contributed by atoms with Crippen LogP contribution in [0.4, 0.5) is 23.4 Å². The lowest BCUT2D eigenvalue weighted by Crippen LogP contribution is -2.39. The van der Waals surface area contributed by atoms with Gasteiger partial charge in [0.25, 0.3) is 5.91 Å². The maximum absolute atomic E-state index is 15.5. The van der Waals surface area contributed by atoms with Crippen molar-refractivity contribution in [1.29, 1.82) is 0 Å². The first-order valence-corrected chi connectivity index (χ1v) is 17.6. The summed E-state index contributed by atoms with van der Waals surface area (Å²) in [4.78, 5) is 20.0. The molecular weight excluding hydrogens is 578 g/mol. The zero-order valence-corrected chi connectivity index (χ0v) is 26.5. The smallest absolute Gasteiger partial charge is 0.416 e. The molecule has 0 spiro atoms. The standard InChI is InChI=1S/C32H39F4N3O3Si/c1-30(2,3)18-43(5,6)42-15-20-11-19-12-23(24(33)14-25(19)38-28(20)37)29(40)39(17-31(4)9-10-31)26-16-41-27-13-21(32(34,35)36)7-8-22(26)27/h7-8,11-14,26H,9-10,15-18H2,1-6H3,(H2,37,38). The third-order valence-electron chi connectivity index (χ3n) is 8.21. The number of nitrogens with zero attached hydrogens (tertiary/aromatic N) is 2. The second kappa shape index (κ2) is 10.8. The highest BCUT2D eigenvalue weighted by atomic mass is 28.4. The second-order valence-corrected chi connectivity index (χ2v) is 18.3. The lowest BCUT2D eigenvalue weighted by molar-refractivity contribution is -0.137. The van der Waals surface area contributed by atoms with Gasteiger partial charge in [0.2, 0.25) is 0 Å². The van der Waals surface area contributed by atoms with Crippen molar-refractivity contribution in [3.05, 3.63) is 64.5 Å². The number of hydrogen-bond acceptors (Lipinski definition) is 5. The Morgan fingerprint density at radius 1 is 1.16 bits per heavy atom. The summed E-state index contributed by atoms with van der Waals surface area (Å²) in [5.41, 5.74) is 6.67. The number of rotatable bonds is 8. The number of fused-ring (bicyclic) bond motifs is 2. The molecule has 11 heteroatoms. The van der Waals surface area contributed by atoms with Gasteiger partial charge in [-0.15, -0.1) is 0 Å². The Hall–Kier alpha value is -3.18. The van der Waals surface area contributed by atoms with Gasteiger partial charge in [0.15, 0.2) is 8.32 Å². The van der Waals surface area contributed by atoms with E-state index in [2.05, 4.69) is 38.8 Å². The molecule has 2 heterocycles. The van der Waals surface area contributed by atoms with Crippen LogP contribution in [0.25, 0.3) is 10.9 Å². The Balaban J connectivity index is 1.46. The molecular formula is C32H39F4N3O3Si. The van der Waals surface area contributed by atoms with Gasteiger partial charge in [0, 0.05) is 29.1 Å². The molecule has 1 saturated carbocycles. The highest BCUT2D eigenvalue weighted by Crippen LogP contribution is 2.49. The van der Waals surface area contributed by atoms with Crippen LogP contribution in [0.5, 0.6) is 5.75 Å². The van der Waals surface area contributed by atoms with Crippen LogP contribution in [0, 0.1) is 16.6 Å². The molecule has 0 saturated heterocycles. The monoisotopic (exact) mass is 617 g/mol. The van der Waals surface area contributed by atoms with E-state index < -0.39 is 37.8 Å². The summed E-state index contributed by atoms with van der Waals surface area (Å²) < 4.78 is 67.4. The molecule has 1 fully saturated rings. The summed E-state index contributed by atoms with van der Waals surface area (Å²) in [7, 11) is -2.02. The molecule has 0 radical (unpaired) electrons. The molecule has 5 rings (SSSR count). The minimum atomic E-state index is -4.52. The van der Waals surface area contributed by atoms with Crippen molar-refractivity contribution in [2.45, 2.75) is 78.5 Å². The quantitative estimate of drug-likeness (QED) is 0.204. The van der Waals surface area contributed by atoms with Crippen molar-refractivity contribution in [2.75, 3.05) is 18.9 Å². The number of pyridine rings is 1. The van der Waals surface area contributed by atoms with E-state index in [9.17, 15) is 18.0 Å². The maximum Gasteiger partial charge on any atom is 0.416 e. The Morgan fingerprint density at radius 3 is 2.49 bits per heavy atom. The number of benzene rings is 2. The molecule has 1 aromatic heterocycles. The maximum atomic E-state index is 15.5.